The fraction of sp³-hybridized carbons (Fsp3) is 0. The van der Waals surface area contributed by atoms with Crippen molar-refractivity contribution in [2.45, 2.75) is 0 Å². The number of hydrazine groups is 1. The van der Waals surface area contributed by atoms with E-state index >= 15 is 0 Å². The lowest BCUT2D eigenvalue weighted by Crippen LogP contribution is -2.08. The molecule has 1 aromatic carbocycles. The minimum atomic E-state index is 0.433. The molecule has 0 fully saturated rings. The lowest BCUT2D eigenvalue weighted by Gasteiger charge is -2.02. The van der Waals surface area contributed by atoms with Gasteiger partial charge in [0.2, 0.25) is 0 Å². The molecule has 0 saturated carbocycles. The molecule has 12 heavy (non-hydrogen) atoms. The van der Waals surface area contributed by atoms with E-state index in [0.29, 0.717) is 4.97 Å². The third-order valence-electron chi connectivity index (χ3n) is 1.60. The average Bonchev–Trinajstić information content (AvgIpc) is 2.25. The minimum Gasteiger partial charge on any atom is -0.571 e. The molecule has 2 rings (SSSR count). The first-order chi connectivity index (χ1) is 5.86. The molecule has 0 atom stereocenters. The fourth-order valence-electron chi connectivity index (χ4n) is 1.05. The molecule has 4 nitrogen and oxygen atoms in total. The van der Waals surface area contributed by atoms with Crippen molar-refractivity contribution >= 4 is 11.8 Å². The standard InChI is InChI=1S/C8H7N3O/c12-11-9-6-5-7-3-1-2-4-8(7)10-11/h1-6H,(H,9,10). The van der Waals surface area contributed by atoms with E-state index < -0.39 is 0 Å². The zero-order chi connectivity index (χ0) is 8.39. The van der Waals surface area contributed by atoms with E-state index in [9.17, 15) is 5.21 Å². The van der Waals surface area contributed by atoms with Gasteiger partial charge in [-0.15, -0.1) is 5.43 Å². The number of rotatable bonds is 0. The van der Waals surface area contributed by atoms with Crippen LogP contribution in [-0.2, 0) is 0 Å². The fourth-order valence-corrected chi connectivity index (χ4v) is 1.05. The van der Waals surface area contributed by atoms with Gasteiger partial charge < -0.3 is 5.21 Å². The normalized spacial score (nSPS) is 14.2. The molecule has 0 amide bonds. The maximum atomic E-state index is 10.8. The Morgan fingerprint density at radius 1 is 1.33 bits per heavy atom. The molecular weight excluding hydrogens is 154 g/mol. The van der Waals surface area contributed by atoms with E-state index in [0.717, 1.165) is 11.3 Å². The Morgan fingerprint density at radius 3 is 3.08 bits per heavy atom. The van der Waals surface area contributed by atoms with Crippen LogP contribution in [0, 0.1) is 5.21 Å². The largest absolute Gasteiger partial charge is 0.571 e. The van der Waals surface area contributed by atoms with E-state index in [-0.39, 0.29) is 0 Å². The Kier molecular flexibility index (Phi) is 1.51. The van der Waals surface area contributed by atoms with Crippen LogP contribution >= 0.6 is 0 Å². The first kappa shape index (κ1) is 6.84. The highest BCUT2D eigenvalue weighted by atomic mass is 16.5. The highest BCUT2D eigenvalue weighted by Crippen LogP contribution is 2.18. The van der Waals surface area contributed by atoms with Crippen molar-refractivity contribution in [1.82, 2.24) is 0 Å². The van der Waals surface area contributed by atoms with E-state index in [1.54, 1.807) is 6.08 Å². The zero-order valence-corrected chi connectivity index (χ0v) is 6.27. The summed E-state index contributed by atoms with van der Waals surface area (Å²) in [5, 5.41) is 14.4. The number of hydrogen-bond acceptors (Lipinski definition) is 3. The van der Waals surface area contributed by atoms with Gasteiger partial charge in [-0.1, -0.05) is 18.2 Å². The lowest BCUT2D eigenvalue weighted by atomic mass is 10.2. The summed E-state index contributed by atoms with van der Waals surface area (Å²) in [6.45, 7) is 0. The quantitative estimate of drug-likeness (QED) is 0.467. The van der Waals surface area contributed by atoms with Gasteiger partial charge in [0.05, 0.1) is 6.20 Å². The summed E-state index contributed by atoms with van der Waals surface area (Å²) < 4.78 is 0. The molecule has 60 valence electrons. The maximum absolute atomic E-state index is 10.8. The highest BCUT2D eigenvalue weighted by Gasteiger charge is 2.04. The highest BCUT2D eigenvalue weighted by molar-refractivity contribution is 5.65. The van der Waals surface area contributed by atoms with Crippen LogP contribution in [0.15, 0.2) is 35.6 Å². The van der Waals surface area contributed by atoms with Gasteiger partial charge in [-0.3, -0.25) is 0 Å². The Balaban J connectivity index is 2.49. The molecule has 0 bridgehead atoms. The molecule has 1 N–H and O–H groups in total. The maximum Gasteiger partial charge on any atom is 0.107 e. The lowest BCUT2D eigenvalue weighted by molar-refractivity contribution is -0.493. The monoisotopic (exact) mass is 161 g/mol. The van der Waals surface area contributed by atoms with E-state index in [1.165, 1.54) is 6.20 Å². The Hall–Kier alpha value is -1.84. The molecule has 0 aromatic heterocycles. The molecule has 0 unspecified atom stereocenters. The van der Waals surface area contributed by atoms with Crippen molar-refractivity contribution in [3.05, 3.63) is 41.2 Å². The van der Waals surface area contributed by atoms with Crippen LogP contribution < -0.4 is 5.43 Å². The van der Waals surface area contributed by atoms with Crippen LogP contribution in [0.25, 0.3) is 6.08 Å². The first-order valence-electron chi connectivity index (χ1n) is 3.56. The molecule has 0 radical (unpaired) electrons. The number of nitrogens with zero attached hydrogens (tertiary/aromatic N) is 2. The van der Waals surface area contributed by atoms with Crippen LogP contribution in [0.5, 0.6) is 0 Å². The zero-order valence-electron chi connectivity index (χ0n) is 6.27. The van der Waals surface area contributed by atoms with Crippen molar-refractivity contribution in [3.63, 3.8) is 0 Å². The van der Waals surface area contributed by atoms with Crippen LogP contribution in [0.3, 0.4) is 0 Å². The predicted octanol–water partition coefficient (Wildman–Crippen LogP) is 1.96. The molecule has 1 aliphatic rings. The van der Waals surface area contributed by atoms with Crippen LogP contribution in [0.2, 0.25) is 0 Å². The number of benzene rings is 1. The number of hydrogen-bond donors (Lipinski definition) is 1. The molecule has 4 heteroatoms. The summed E-state index contributed by atoms with van der Waals surface area (Å²) in [4.78, 5) is 0.433. The Morgan fingerprint density at radius 2 is 2.17 bits per heavy atom. The second-order valence-electron chi connectivity index (χ2n) is 2.40. The summed E-state index contributed by atoms with van der Waals surface area (Å²) in [5.41, 5.74) is 4.30. The first-order valence-corrected chi connectivity index (χ1v) is 3.56. The van der Waals surface area contributed by atoms with Gasteiger partial charge in [-0.05, 0) is 12.1 Å². The van der Waals surface area contributed by atoms with Gasteiger partial charge in [0.25, 0.3) is 0 Å². The van der Waals surface area contributed by atoms with Crippen molar-refractivity contribution in [1.29, 1.82) is 0 Å². The van der Waals surface area contributed by atoms with Crippen molar-refractivity contribution < 1.29 is 4.97 Å². The molecule has 1 heterocycles. The number of fused-ring (bicyclic) bond motifs is 1. The smallest absolute Gasteiger partial charge is 0.107 e. The van der Waals surface area contributed by atoms with Crippen LogP contribution in [0.4, 0.5) is 5.69 Å². The number of anilines is 1. The molecule has 0 spiro atoms. The van der Waals surface area contributed by atoms with E-state index in [4.69, 9.17) is 0 Å². The van der Waals surface area contributed by atoms with Gasteiger partial charge in [-0.2, -0.15) is 0 Å². The van der Waals surface area contributed by atoms with Gasteiger partial charge in [0.15, 0.2) is 0 Å². The number of para-hydroxylation sites is 1. The summed E-state index contributed by atoms with van der Waals surface area (Å²) in [6, 6.07) is 7.50. The number of nitrogens with one attached hydrogen (secondary N) is 1. The van der Waals surface area contributed by atoms with Crippen LogP contribution in [-0.4, -0.2) is 4.97 Å². The predicted molar refractivity (Wildman–Crippen MR) is 45.2 cm³/mol. The van der Waals surface area contributed by atoms with E-state index in [2.05, 4.69) is 10.5 Å². The van der Waals surface area contributed by atoms with Gasteiger partial charge in [-0.25, -0.2) is 0 Å². The average molecular weight is 161 g/mol. The second-order valence-corrected chi connectivity index (χ2v) is 2.40. The van der Waals surface area contributed by atoms with Gasteiger partial charge in [0.1, 0.15) is 5.69 Å². The Bertz CT molecular complexity index is 357. The van der Waals surface area contributed by atoms with Gasteiger partial charge in [0, 0.05) is 15.6 Å². The summed E-state index contributed by atoms with van der Waals surface area (Å²) in [7, 11) is 0. The molecule has 0 saturated heterocycles. The van der Waals surface area contributed by atoms with Crippen LogP contribution in [0.1, 0.15) is 5.56 Å². The topological polar surface area (TPSA) is 50.5 Å². The third-order valence-corrected chi connectivity index (χ3v) is 1.60. The third kappa shape index (κ3) is 1.14. The summed E-state index contributed by atoms with van der Waals surface area (Å²) >= 11 is 0. The van der Waals surface area contributed by atoms with Gasteiger partial charge >= 0.3 is 0 Å². The molecular formula is C8H7N3O. The van der Waals surface area contributed by atoms with Crippen molar-refractivity contribution in [2.75, 3.05) is 5.43 Å². The minimum absolute atomic E-state index is 0.433. The van der Waals surface area contributed by atoms with E-state index in [1.807, 2.05) is 24.3 Å². The summed E-state index contributed by atoms with van der Waals surface area (Å²) in [5.74, 6) is 0. The molecule has 1 aliphatic heterocycles. The second kappa shape index (κ2) is 2.65. The summed E-state index contributed by atoms with van der Waals surface area (Å²) in [6.07, 6.45) is 3.24. The molecule has 0 aliphatic carbocycles. The SMILES string of the molecule is [O-][N+]1=NC=Cc2ccccc2N1. The Labute approximate surface area is 69.4 Å². The molecule has 1 aromatic rings. The van der Waals surface area contributed by atoms with Crippen molar-refractivity contribution in [3.8, 4) is 0 Å². The van der Waals surface area contributed by atoms with Crippen molar-refractivity contribution in [2.24, 2.45) is 5.11 Å².